The monoisotopic (exact) mass is 421 g/mol. The molecule has 0 saturated carbocycles. The lowest BCUT2D eigenvalue weighted by Gasteiger charge is -2.26. The van der Waals surface area contributed by atoms with Crippen LogP contribution in [-0.2, 0) is 11.3 Å². The number of anilines is 2. The van der Waals surface area contributed by atoms with Crippen LogP contribution in [0.2, 0.25) is 0 Å². The SMILES string of the molecule is CCCCN(C)c1ccc2c(c1)C=CN(c1nccc(/C=C3\SC(=O)NC3=O)n1)C2. The van der Waals surface area contributed by atoms with E-state index >= 15 is 0 Å². The number of nitrogens with zero attached hydrogens (tertiary/aromatic N) is 4. The second-order valence-electron chi connectivity index (χ2n) is 7.24. The first-order chi connectivity index (χ1) is 14.5. The number of imide groups is 1. The minimum absolute atomic E-state index is 0.337. The number of benzene rings is 1. The van der Waals surface area contributed by atoms with Crippen molar-refractivity contribution in [3.05, 3.63) is 58.4 Å². The molecule has 2 aliphatic heterocycles. The Morgan fingerprint density at radius 2 is 2.17 bits per heavy atom. The van der Waals surface area contributed by atoms with Crippen LogP contribution in [0.3, 0.4) is 0 Å². The summed E-state index contributed by atoms with van der Waals surface area (Å²) in [6, 6.07) is 8.24. The van der Waals surface area contributed by atoms with E-state index in [9.17, 15) is 9.59 Å². The van der Waals surface area contributed by atoms with Gasteiger partial charge < -0.3 is 9.80 Å². The Balaban J connectivity index is 1.52. The second-order valence-corrected chi connectivity index (χ2v) is 8.25. The van der Waals surface area contributed by atoms with Crippen LogP contribution in [0.1, 0.15) is 36.6 Å². The van der Waals surface area contributed by atoms with Crippen LogP contribution in [-0.4, -0.2) is 34.7 Å². The van der Waals surface area contributed by atoms with Crippen molar-refractivity contribution >= 4 is 46.7 Å². The predicted molar refractivity (Wildman–Crippen MR) is 121 cm³/mol. The number of fused-ring (bicyclic) bond motifs is 1. The van der Waals surface area contributed by atoms with Crippen molar-refractivity contribution in [3.63, 3.8) is 0 Å². The summed E-state index contributed by atoms with van der Waals surface area (Å²) < 4.78 is 0. The van der Waals surface area contributed by atoms with E-state index in [-0.39, 0.29) is 5.24 Å². The Bertz CT molecular complexity index is 1050. The summed E-state index contributed by atoms with van der Waals surface area (Å²) in [4.78, 5) is 36.6. The zero-order valence-corrected chi connectivity index (χ0v) is 17.8. The fourth-order valence-corrected chi connectivity index (χ4v) is 3.99. The smallest absolute Gasteiger partial charge is 0.290 e. The molecule has 0 spiro atoms. The minimum atomic E-state index is -0.392. The number of carbonyl (C=O) groups is 2. The standard InChI is InChI=1S/C22H23N5O2S/c1-3-4-10-26(2)18-6-5-16-14-27(11-8-15(16)12-18)21-23-9-7-17(24-21)13-19-20(28)25-22(29)30-19/h5-9,11-13H,3-4,10,14H2,1-2H3,(H,25,28,29)/b19-13-. The maximum absolute atomic E-state index is 11.8. The molecule has 1 saturated heterocycles. The number of aromatic nitrogens is 2. The molecule has 1 fully saturated rings. The van der Waals surface area contributed by atoms with E-state index in [2.05, 4.69) is 58.4 Å². The molecule has 154 valence electrons. The molecule has 2 aromatic rings. The fourth-order valence-electron chi connectivity index (χ4n) is 3.32. The zero-order valence-electron chi connectivity index (χ0n) is 17.0. The fraction of sp³-hybridized carbons (Fsp3) is 0.273. The summed E-state index contributed by atoms with van der Waals surface area (Å²) in [5, 5.41) is 1.88. The van der Waals surface area contributed by atoms with Gasteiger partial charge in [-0.1, -0.05) is 19.4 Å². The van der Waals surface area contributed by atoms with Crippen molar-refractivity contribution in [2.45, 2.75) is 26.3 Å². The molecule has 4 rings (SSSR count). The highest BCUT2D eigenvalue weighted by atomic mass is 32.2. The van der Waals surface area contributed by atoms with Gasteiger partial charge in [0.25, 0.3) is 11.1 Å². The van der Waals surface area contributed by atoms with Gasteiger partial charge in [0.05, 0.1) is 17.1 Å². The normalized spacial score (nSPS) is 16.7. The average Bonchev–Trinajstić information content (AvgIpc) is 3.07. The van der Waals surface area contributed by atoms with Gasteiger partial charge in [0.2, 0.25) is 5.95 Å². The molecule has 1 aromatic heterocycles. The summed E-state index contributed by atoms with van der Waals surface area (Å²) in [5.74, 6) is 0.154. The highest BCUT2D eigenvalue weighted by molar-refractivity contribution is 8.18. The van der Waals surface area contributed by atoms with Crippen LogP contribution < -0.4 is 15.1 Å². The van der Waals surface area contributed by atoms with Gasteiger partial charge in [-0.25, -0.2) is 9.97 Å². The number of hydrogen-bond donors (Lipinski definition) is 1. The molecule has 1 N–H and O–H groups in total. The van der Waals surface area contributed by atoms with E-state index in [1.54, 1.807) is 18.3 Å². The summed E-state index contributed by atoms with van der Waals surface area (Å²) in [6.45, 7) is 3.91. The molecular formula is C22H23N5O2S. The first-order valence-electron chi connectivity index (χ1n) is 9.90. The highest BCUT2D eigenvalue weighted by Crippen LogP contribution is 2.28. The predicted octanol–water partition coefficient (Wildman–Crippen LogP) is 4.03. The van der Waals surface area contributed by atoms with Crippen LogP contribution in [0.25, 0.3) is 12.2 Å². The molecular weight excluding hydrogens is 398 g/mol. The third kappa shape index (κ3) is 4.38. The molecule has 0 radical (unpaired) electrons. The van der Waals surface area contributed by atoms with Crippen molar-refractivity contribution in [2.24, 2.45) is 0 Å². The highest BCUT2D eigenvalue weighted by Gasteiger charge is 2.25. The third-order valence-electron chi connectivity index (χ3n) is 5.03. The second kappa shape index (κ2) is 8.71. The Hall–Kier alpha value is -3.13. The number of amides is 2. The van der Waals surface area contributed by atoms with E-state index < -0.39 is 5.91 Å². The molecule has 0 aliphatic carbocycles. The number of rotatable bonds is 6. The molecule has 2 aliphatic rings. The Morgan fingerprint density at radius 1 is 1.30 bits per heavy atom. The largest absolute Gasteiger partial charge is 0.375 e. The minimum Gasteiger partial charge on any atom is -0.375 e. The lowest BCUT2D eigenvalue weighted by atomic mass is 10.0. The van der Waals surface area contributed by atoms with Gasteiger partial charge >= 0.3 is 0 Å². The third-order valence-corrected chi connectivity index (χ3v) is 5.84. The Labute approximate surface area is 179 Å². The van der Waals surface area contributed by atoms with Crippen molar-refractivity contribution in [1.29, 1.82) is 0 Å². The van der Waals surface area contributed by atoms with Crippen LogP contribution in [0, 0.1) is 0 Å². The molecule has 0 atom stereocenters. The Kier molecular flexibility index (Phi) is 5.85. The molecule has 0 bridgehead atoms. The zero-order chi connectivity index (χ0) is 21.1. The van der Waals surface area contributed by atoms with Crippen LogP contribution in [0.15, 0.2) is 41.6 Å². The van der Waals surface area contributed by atoms with Gasteiger partial charge in [0, 0.05) is 31.7 Å². The molecule has 2 amide bonds. The van der Waals surface area contributed by atoms with Crippen molar-refractivity contribution in [3.8, 4) is 0 Å². The first kappa shape index (κ1) is 20.2. The molecule has 30 heavy (non-hydrogen) atoms. The number of thioether (sulfide) groups is 1. The van der Waals surface area contributed by atoms with Gasteiger partial charge in [-0.15, -0.1) is 0 Å². The van der Waals surface area contributed by atoms with Gasteiger partial charge in [-0.3, -0.25) is 14.9 Å². The summed E-state index contributed by atoms with van der Waals surface area (Å²) in [7, 11) is 2.13. The summed E-state index contributed by atoms with van der Waals surface area (Å²) >= 11 is 0.879. The van der Waals surface area contributed by atoms with Gasteiger partial charge in [-0.2, -0.15) is 0 Å². The lowest BCUT2D eigenvalue weighted by molar-refractivity contribution is -0.115. The maximum Gasteiger partial charge on any atom is 0.290 e. The number of carbonyl (C=O) groups excluding carboxylic acids is 2. The van der Waals surface area contributed by atoms with Crippen molar-refractivity contribution < 1.29 is 9.59 Å². The van der Waals surface area contributed by atoms with Crippen LogP contribution in [0.4, 0.5) is 16.4 Å². The topological polar surface area (TPSA) is 78.4 Å². The summed E-state index contributed by atoms with van der Waals surface area (Å²) in [5.41, 5.74) is 4.20. The molecule has 8 heteroatoms. The molecule has 3 heterocycles. The molecule has 7 nitrogen and oxygen atoms in total. The van der Waals surface area contributed by atoms with E-state index in [0.717, 1.165) is 18.3 Å². The van der Waals surface area contributed by atoms with Crippen LogP contribution in [0.5, 0.6) is 0 Å². The lowest BCUT2D eigenvalue weighted by Crippen LogP contribution is -2.22. The van der Waals surface area contributed by atoms with Gasteiger partial charge in [0.15, 0.2) is 0 Å². The maximum atomic E-state index is 11.8. The number of nitrogens with one attached hydrogen (secondary N) is 1. The molecule has 1 aromatic carbocycles. The molecule has 0 unspecified atom stereocenters. The van der Waals surface area contributed by atoms with E-state index in [1.807, 2.05) is 11.1 Å². The number of unbranched alkanes of at least 4 members (excludes halogenated alkanes) is 1. The quantitative estimate of drug-likeness (QED) is 0.706. The van der Waals surface area contributed by atoms with E-state index in [0.29, 0.717) is 23.1 Å². The van der Waals surface area contributed by atoms with Crippen LogP contribution >= 0.6 is 11.8 Å². The van der Waals surface area contributed by atoms with E-state index in [4.69, 9.17) is 0 Å². The number of hydrogen-bond acceptors (Lipinski definition) is 7. The average molecular weight is 422 g/mol. The van der Waals surface area contributed by atoms with Gasteiger partial charge in [0.1, 0.15) is 0 Å². The Morgan fingerprint density at radius 3 is 2.93 bits per heavy atom. The summed E-state index contributed by atoms with van der Waals surface area (Å²) in [6.07, 6.45) is 9.67. The van der Waals surface area contributed by atoms with Crippen molar-refractivity contribution in [2.75, 3.05) is 23.4 Å². The van der Waals surface area contributed by atoms with E-state index in [1.165, 1.54) is 29.7 Å². The first-order valence-corrected chi connectivity index (χ1v) is 10.7. The van der Waals surface area contributed by atoms with Crippen molar-refractivity contribution in [1.82, 2.24) is 15.3 Å². The van der Waals surface area contributed by atoms with Gasteiger partial charge in [-0.05, 0) is 59.7 Å².